The molecule has 3 amide bonds. The highest BCUT2D eigenvalue weighted by Gasteiger charge is 2.19. The second-order valence-electron chi connectivity index (χ2n) is 8.02. The van der Waals surface area contributed by atoms with E-state index in [0.29, 0.717) is 25.3 Å². The van der Waals surface area contributed by atoms with E-state index in [1.165, 1.54) is 24.3 Å². The molecule has 0 unspecified atom stereocenters. The van der Waals surface area contributed by atoms with Gasteiger partial charge in [0.25, 0.3) is 21.8 Å². The Morgan fingerprint density at radius 2 is 1.68 bits per heavy atom. The van der Waals surface area contributed by atoms with Gasteiger partial charge in [0, 0.05) is 25.7 Å². The lowest BCUT2D eigenvalue weighted by Crippen LogP contribution is -2.31. The van der Waals surface area contributed by atoms with Crippen molar-refractivity contribution in [2.75, 3.05) is 19.7 Å². The zero-order valence-corrected chi connectivity index (χ0v) is 20.0. The SMILES string of the molecule is CC(C)CCC(=O)NCCc1ccc(S(=O)(=O)NC(=O)c2ccc(C(=O)NCCO)nc2)cc1. The standard InChI is InChI=1S/C23H30N4O6S/c1-16(2)3-10-21(29)24-12-11-17-4-7-19(8-5-17)34(32,33)27-22(30)18-6-9-20(26-15-18)23(31)25-13-14-28/h4-9,15-16,28H,3,10-14H2,1-2H3,(H,24,29)(H,25,31)(H,27,30). The Morgan fingerprint density at radius 1 is 0.971 bits per heavy atom. The molecular formula is C23H30N4O6S. The van der Waals surface area contributed by atoms with Crippen molar-refractivity contribution in [3.8, 4) is 0 Å². The van der Waals surface area contributed by atoms with Crippen molar-refractivity contribution in [2.45, 2.75) is 38.0 Å². The van der Waals surface area contributed by atoms with Gasteiger partial charge in [-0.15, -0.1) is 0 Å². The van der Waals surface area contributed by atoms with Crippen LogP contribution in [0.1, 0.15) is 53.1 Å². The Labute approximate surface area is 199 Å². The minimum absolute atomic E-state index is 0.0103. The Hall–Kier alpha value is -3.31. The molecule has 4 N–H and O–H groups in total. The summed E-state index contributed by atoms with van der Waals surface area (Å²) in [5.74, 6) is -0.962. The van der Waals surface area contributed by atoms with Crippen LogP contribution in [0.25, 0.3) is 0 Å². The van der Waals surface area contributed by atoms with Crippen LogP contribution < -0.4 is 15.4 Å². The second-order valence-corrected chi connectivity index (χ2v) is 9.71. The van der Waals surface area contributed by atoms with E-state index in [1.807, 2.05) is 4.72 Å². The predicted molar refractivity (Wildman–Crippen MR) is 126 cm³/mol. The Kier molecular flexibility index (Phi) is 10.1. The Morgan fingerprint density at radius 3 is 2.26 bits per heavy atom. The van der Waals surface area contributed by atoms with Gasteiger partial charge < -0.3 is 15.7 Å². The van der Waals surface area contributed by atoms with E-state index >= 15 is 0 Å². The minimum atomic E-state index is -4.12. The van der Waals surface area contributed by atoms with Crippen LogP contribution in [0.15, 0.2) is 47.5 Å². The number of aliphatic hydroxyl groups excluding tert-OH is 1. The lowest BCUT2D eigenvalue weighted by molar-refractivity contribution is -0.121. The van der Waals surface area contributed by atoms with Crippen LogP contribution in [0.3, 0.4) is 0 Å². The average Bonchev–Trinajstić information content (AvgIpc) is 2.81. The lowest BCUT2D eigenvalue weighted by atomic mass is 10.1. The number of amides is 3. The largest absolute Gasteiger partial charge is 0.395 e. The van der Waals surface area contributed by atoms with Crippen molar-refractivity contribution in [1.82, 2.24) is 20.3 Å². The third kappa shape index (κ3) is 8.56. The summed E-state index contributed by atoms with van der Waals surface area (Å²) < 4.78 is 27.1. The number of aromatic nitrogens is 1. The van der Waals surface area contributed by atoms with E-state index in [2.05, 4.69) is 29.5 Å². The van der Waals surface area contributed by atoms with Crippen LogP contribution in [0.4, 0.5) is 0 Å². The molecule has 1 aromatic carbocycles. The molecule has 0 bridgehead atoms. The molecule has 0 saturated heterocycles. The summed E-state index contributed by atoms with van der Waals surface area (Å²) in [6, 6.07) is 8.59. The number of aliphatic hydroxyl groups is 1. The number of rotatable bonds is 12. The average molecular weight is 491 g/mol. The third-order valence-electron chi connectivity index (χ3n) is 4.80. The highest BCUT2D eigenvalue weighted by Crippen LogP contribution is 2.12. The highest BCUT2D eigenvalue weighted by atomic mass is 32.2. The number of nitrogens with one attached hydrogen (secondary N) is 3. The summed E-state index contributed by atoms with van der Waals surface area (Å²) in [7, 11) is -4.12. The molecule has 0 fully saturated rings. The summed E-state index contributed by atoms with van der Waals surface area (Å²) in [5, 5.41) is 14.0. The van der Waals surface area contributed by atoms with Crippen LogP contribution in [0.2, 0.25) is 0 Å². The Bertz CT molecular complexity index is 1080. The van der Waals surface area contributed by atoms with E-state index in [4.69, 9.17) is 5.11 Å². The van der Waals surface area contributed by atoms with Crippen molar-refractivity contribution in [3.05, 3.63) is 59.4 Å². The number of hydrogen-bond acceptors (Lipinski definition) is 7. The highest BCUT2D eigenvalue weighted by molar-refractivity contribution is 7.90. The van der Waals surface area contributed by atoms with Crippen molar-refractivity contribution in [1.29, 1.82) is 0 Å². The van der Waals surface area contributed by atoms with Gasteiger partial charge >= 0.3 is 0 Å². The molecule has 0 spiro atoms. The minimum Gasteiger partial charge on any atom is -0.395 e. The number of hydrogen-bond donors (Lipinski definition) is 4. The van der Waals surface area contributed by atoms with E-state index in [9.17, 15) is 22.8 Å². The van der Waals surface area contributed by atoms with E-state index in [-0.39, 0.29) is 35.2 Å². The maximum absolute atomic E-state index is 12.6. The molecular weight excluding hydrogens is 460 g/mol. The summed E-state index contributed by atoms with van der Waals surface area (Å²) >= 11 is 0. The van der Waals surface area contributed by atoms with Gasteiger partial charge in [-0.25, -0.2) is 13.1 Å². The second kappa shape index (κ2) is 12.8. The first-order valence-corrected chi connectivity index (χ1v) is 12.4. The number of sulfonamides is 1. The number of nitrogens with zero attached hydrogens (tertiary/aromatic N) is 1. The third-order valence-corrected chi connectivity index (χ3v) is 6.15. The fraction of sp³-hybridized carbons (Fsp3) is 0.391. The molecule has 184 valence electrons. The van der Waals surface area contributed by atoms with E-state index in [1.54, 1.807) is 12.1 Å². The number of pyridine rings is 1. The molecule has 0 saturated carbocycles. The molecule has 0 aliphatic rings. The molecule has 34 heavy (non-hydrogen) atoms. The first kappa shape index (κ1) is 26.9. The van der Waals surface area contributed by atoms with Gasteiger partial charge in [-0.3, -0.25) is 19.4 Å². The molecule has 0 aliphatic carbocycles. The van der Waals surface area contributed by atoms with Gasteiger partial charge in [-0.05, 0) is 48.6 Å². The maximum Gasteiger partial charge on any atom is 0.269 e. The number of carbonyl (C=O) groups excluding carboxylic acids is 3. The number of benzene rings is 1. The van der Waals surface area contributed by atoms with Gasteiger partial charge in [0.1, 0.15) is 5.69 Å². The van der Waals surface area contributed by atoms with E-state index < -0.39 is 21.8 Å². The molecule has 0 radical (unpaired) electrons. The summed E-state index contributed by atoms with van der Waals surface area (Å²) in [4.78, 5) is 39.7. The molecule has 10 nitrogen and oxygen atoms in total. The summed E-state index contributed by atoms with van der Waals surface area (Å²) in [6.07, 6.45) is 2.94. The van der Waals surface area contributed by atoms with Crippen LogP contribution in [-0.2, 0) is 21.2 Å². The van der Waals surface area contributed by atoms with Gasteiger partial charge in [0.05, 0.1) is 17.1 Å². The van der Waals surface area contributed by atoms with Crippen molar-refractivity contribution >= 4 is 27.7 Å². The van der Waals surface area contributed by atoms with Crippen LogP contribution >= 0.6 is 0 Å². The summed E-state index contributed by atoms with van der Waals surface area (Å²) in [5.41, 5.74) is 0.834. The van der Waals surface area contributed by atoms with Crippen molar-refractivity contribution in [2.24, 2.45) is 5.92 Å². The molecule has 2 aromatic rings. The molecule has 1 heterocycles. The fourth-order valence-electron chi connectivity index (χ4n) is 2.85. The summed E-state index contributed by atoms with van der Waals surface area (Å²) in [6.45, 7) is 4.40. The zero-order chi connectivity index (χ0) is 25.1. The zero-order valence-electron chi connectivity index (χ0n) is 19.2. The predicted octanol–water partition coefficient (Wildman–Crippen LogP) is 1.02. The monoisotopic (exact) mass is 490 g/mol. The quantitative estimate of drug-likeness (QED) is 0.346. The molecule has 2 rings (SSSR count). The van der Waals surface area contributed by atoms with Crippen LogP contribution in [0, 0.1) is 5.92 Å². The van der Waals surface area contributed by atoms with Crippen molar-refractivity contribution in [3.63, 3.8) is 0 Å². The van der Waals surface area contributed by atoms with Gasteiger partial charge in [0.2, 0.25) is 5.91 Å². The smallest absolute Gasteiger partial charge is 0.269 e. The molecule has 11 heteroatoms. The van der Waals surface area contributed by atoms with E-state index in [0.717, 1.165) is 18.2 Å². The first-order chi connectivity index (χ1) is 16.1. The van der Waals surface area contributed by atoms with Crippen molar-refractivity contribution < 1.29 is 27.9 Å². The number of carbonyl (C=O) groups is 3. The molecule has 1 aromatic heterocycles. The first-order valence-electron chi connectivity index (χ1n) is 10.9. The fourth-order valence-corrected chi connectivity index (χ4v) is 3.83. The van der Waals surface area contributed by atoms with Gasteiger partial charge in [-0.2, -0.15) is 0 Å². The lowest BCUT2D eigenvalue weighted by Gasteiger charge is -2.09. The molecule has 0 aliphatic heterocycles. The van der Waals surface area contributed by atoms with Gasteiger partial charge in [-0.1, -0.05) is 26.0 Å². The maximum atomic E-state index is 12.6. The molecule has 0 atom stereocenters. The van der Waals surface area contributed by atoms with Crippen LogP contribution in [0.5, 0.6) is 0 Å². The van der Waals surface area contributed by atoms with Crippen LogP contribution in [-0.4, -0.2) is 55.9 Å². The Balaban J connectivity index is 1.91. The normalized spacial score (nSPS) is 11.2. The van der Waals surface area contributed by atoms with Gasteiger partial charge in [0.15, 0.2) is 0 Å². The topological polar surface area (TPSA) is 155 Å².